The zero-order valence-electron chi connectivity index (χ0n) is 10.5. The van der Waals surface area contributed by atoms with Crippen LogP contribution >= 0.6 is 0 Å². The molecule has 0 saturated carbocycles. The molecule has 0 heterocycles. The zero-order chi connectivity index (χ0) is 12.8. The van der Waals surface area contributed by atoms with Crippen LogP contribution < -0.4 is 5.32 Å². The lowest BCUT2D eigenvalue weighted by molar-refractivity contribution is -0.0477. The van der Waals surface area contributed by atoms with Gasteiger partial charge in [0, 0.05) is 19.3 Å². The average Bonchev–Trinajstić information content (AvgIpc) is 2.06. The fraction of sp³-hybridized carbons (Fsp3) is 1.00. The molecule has 1 atom stereocenters. The normalized spacial score (nSPS) is 15.1. The molecular formula is C10H23NO4S. The topological polar surface area (TPSA) is 75.6 Å². The van der Waals surface area contributed by atoms with Gasteiger partial charge in [-0.2, -0.15) is 0 Å². The first-order valence-electron chi connectivity index (χ1n) is 5.30. The Balaban J connectivity index is 3.55. The quantitative estimate of drug-likeness (QED) is 0.614. The van der Waals surface area contributed by atoms with E-state index in [1.165, 1.54) is 6.26 Å². The van der Waals surface area contributed by atoms with Gasteiger partial charge in [0.2, 0.25) is 0 Å². The maximum Gasteiger partial charge on any atom is 0.148 e. The Bertz CT molecular complexity index is 282. The van der Waals surface area contributed by atoms with E-state index in [4.69, 9.17) is 4.74 Å². The summed E-state index contributed by atoms with van der Waals surface area (Å²) in [7, 11) is -2.93. The molecular weight excluding hydrogens is 230 g/mol. The van der Waals surface area contributed by atoms with Gasteiger partial charge in [-0.3, -0.25) is 0 Å². The average molecular weight is 253 g/mol. The van der Waals surface area contributed by atoms with Crippen LogP contribution in [0.5, 0.6) is 0 Å². The molecule has 2 N–H and O–H groups in total. The minimum atomic E-state index is -2.93. The largest absolute Gasteiger partial charge is 0.389 e. The standard InChI is InChI=1S/C10H23NO4S/c1-10(2,3)15-8-9(12)7-11-5-6-16(4,13)14/h9,11-12H,5-8H2,1-4H3. The van der Waals surface area contributed by atoms with Crippen LogP contribution in [0.3, 0.4) is 0 Å². The number of hydrogen-bond donors (Lipinski definition) is 2. The third-order valence-corrected chi connectivity index (χ3v) is 2.68. The van der Waals surface area contributed by atoms with Crippen LogP contribution in [-0.2, 0) is 14.6 Å². The molecule has 0 aromatic rings. The molecule has 0 amide bonds. The molecule has 0 aliphatic heterocycles. The molecule has 16 heavy (non-hydrogen) atoms. The monoisotopic (exact) mass is 253 g/mol. The highest BCUT2D eigenvalue weighted by molar-refractivity contribution is 7.90. The molecule has 0 saturated heterocycles. The predicted octanol–water partition coefficient (Wildman–Crippen LogP) is -0.203. The van der Waals surface area contributed by atoms with E-state index in [1.807, 2.05) is 20.8 Å². The Kier molecular flexibility index (Phi) is 6.47. The molecule has 5 nitrogen and oxygen atoms in total. The van der Waals surface area contributed by atoms with Crippen molar-refractivity contribution in [3.8, 4) is 0 Å². The fourth-order valence-corrected chi connectivity index (χ4v) is 1.45. The van der Waals surface area contributed by atoms with Gasteiger partial charge in [-0.05, 0) is 20.8 Å². The Morgan fingerprint density at radius 3 is 2.38 bits per heavy atom. The lowest BCUT2D eigenvalue weighted by atomic mass is 10.2. The van der Waals surface area contributed by atoms with Crippen LogP contribution in [0.15, 0.2) is 0 Å². The number of sulfone groups is 1. The van der Waals surface area contributed by atoms with E-state index in [9.17, 15) is 13.5 Å². The summed E-state index contributed by atoms with van der Waals surface area (Å²) in [5, 5.41) is 12.4. The van der Waals surface area contributed by atoms with Crippen molar-refractivity contribution >= 4 is 9.84 Å². The summed E-state index contributed by atoms with van der Waals surface area (Å²) < 4.78 is 27.0. The molecule has 0 aliphatic rings. The number of nitrogens with one attached hydrogen (secondary N) is 1. The van der Waals surface area contributed by atoms with Gasteiger partial charge in [-0.25, -0.2) is 8.42 Å². The first kappa shape index (κ1) is 15.8. The molecule has 98 valence electrons. The van der Waals surface area contributed by atoms with E-state index in [0.717, 1.165) is 0 Å². The Hall–Kier alpha value is -0.170. The SMILES string of the molecule is CC(C)(C)OCC(O)CNCCS(C)(=O)=O. The summed E-state index contributed by atoms with van der Waals surface area (Å²) in [6.45, 7) is 6.68. The van der Waals surface area contributed by atoms with E-state index in [-0.39, 0.29) is 18.0 Å². The van der Waals surface area contributed by atoms with Gasteiger partial charge in [0.15, 0.2) is 0 Å². The Morgan fingerprint density at radius 2 is 1.94 bits per heavy atom. The van der Waals surface area contributed by atoms with Crippen molar-refractivity contribution in [1.82, 2.24) is 5.32 Å². The number of aliphatic hydroxyl groups is 1. The van der Waals surface area contributed by atoms with Crippen LogP contribution in [0, 0.1) is 0 Å². The van der Waals surface area contributed by atoms with Gasteiger partial charge in [-0.15, -0.1) is 0 Å². The second kappa shape index (κ2) is 6.54. The lowest BCUT2D eigenvalue weighted by Crippen LogP contribution is -2.35. The molecule has 0 rings (SSSR count). The molecule has 0 aromatic carbocycles. The van der Waals surface area contributed by atoms with Gasteiger partial charge >= 0.3 is 0 Å². The predicted molar refractivity (Wildman–Crippen MR) is 64.3 cm³/mol. The highest BCUT2D eigenvalue weighted by atomic mass is 32.2. The Morgan fingerprint density at radius 1 is 1.38 bits per heavy atom. The van der Waals surface area contributed by atoms with E-state index < -0.39 is 15.9 Å². The van der Waals surface area contributed by atoms with Crippen molar-refractivity contribution in [2.24, 2.45) is 0 Å². The minimum Gasteiger partial charge on any atom is -0.389 e. The van der Waals surface area contributed by atoms with Crippen LogP contribution in [0.4, 0.5) is 0 Å². The van der Waals surface area contributed by atoms with E-state index >= 15 is 0 Å². The number of rotatable bonds is 7. The zero-order valence-corrected chi connectivity index (χ0v) is 11.3. The van der Waals surface area contributed by atoms with Gasteiger partial charge in [-0.1, -0.05) is 0 Å². The highest BCUT2D eigenvalue weighted by Crippen LogP contribution is 2.06. The Labute approximate surface area is 98.1 Å². The van der Waals surface area contributed by atoms with Crippen molar-refractivity contribution in [3.05, 3.63) is 0 Å². The maximum atomic E-state index is 10.8. The number of hydrogen-bond acceptors (Lipinski definition) is 5. The first-order chi connectivity index (χ1) is 7.10. The number of ether oxygens (including phenoxy) is 1. The van der Waals surface area contributed by atoms with Gasteiger partial charge in [0.05, 0.1) is 24.1 Å². The van der Waals surface area contributed by atoms with Gasteiger partial charge < -0.3 is 15.2 Å². The van der Waals surface area contributed by atoms with Gasteiger partial charge in [0.1, 0.15) is 9.84 Å². The fourth-order valence-electron chi connectivity index (χ4n) is 0.931. The summed E-state index contributed by atoms with van der Waals surface area (Å²) in [6, 6.07) is 0. The summed E-state index contributed by atoms with van der Waals surface area (Å²) in [5.41, 5.74) is -0.270. The number of aliphatic hydroxyl groups excluding tert-OH is 1. The lowest BCUT2D eigenvalue weighted by Gasteiger charge is -2.22. The van der Waals surface area contributed by atoms with Crippen molar-refractivity contribution in [2.45, 2.75) is 32.5 Å². The van der Waals surface area contributed by atoms with Crippen LogP contribution in [-0.4, -0.2) is 56.9 Å². The van der Waals surface area contributed by atoms with Crippen molar-refractivity contribution in [3.63, 3.8) is 0 Å². The molecule has 1 unspecified atom stereocenters. The smallest absolute Gasteiger partial charge is 0.148 e. The molecule has 0 aromatic heterocycles. The van der Waals surface area contributed by atoms with E-state index in [1.54, 1.807) is 0 Å². The molecule has 0 spiro atoms. The second-order valence-corrected chi connectivity index (χ2v) is 7.17. The molecule has 0 aliphatic carbocycles. The van der Waals surface area contributed by atoms with Gasteiger partial charge in [0.25, 0.3) is 0 Å². The summed E-state index contributed by atoms with van der Waals surface area (Å²) in [4.78, 5) is 0. The maximum absolute atomic E-state index is 10.8. The molecule has 0 fully saturated rings. The summed E-state index contributed by atoms with van der Waals surface area (Å²) in [6.07, 6.45) is 0.576. The van der Waals surface area contributed by atoms with Crippen LogP contribution in [0.25, 0.3) is 0 Å². The van der Waals surface area contributed by atoms with Crippen LogP contribution in [0.2, 0.25) is 0 Å². The third-order valence-electron chi connectivity index (χ3n) is 1.74. The molecule has 0 radical (unpaired) electrons. The summed E-state index contributed by atoms with van der Waals surface area (Å²) in [5.74, 6) is 0.0832. The van der Waals surface area contributed by atoms with E-state index in [0.29, 0.717) is 13.1 Å². The minimum absolute atomic E-state index is 0.0832. The molecule has 0 bridgehead atoms. The van der Waals surface area contributed by atoms with Crippen molar-refractivity contribution in [2.75, 3.05) is 31.7 Å². The van der Waals surface area contributed by atoms with Crippen molar-refractivity contribution < 1.29 is 18.3 Å². The first-order valence-corrected chi connectivity index (χ1v) is 7.37. The highest BCUT2D eigenvalue weighted by Gasteiger charge is 2.13. The van der Waals surface area contributed by atoms with E-state index in [2.05, 4.69) is 5.32 Å². The molecule has 6 heteroatoms. The summed E-state index contributed by atoms with van der Waals surface area (Å²) >= 11 is 0. The third kappa shape index (κ3) is 11.9. The van der Waals surface area contributed by atoms with Crippen LogP contribution in [0.1, 0.15) is 20.8 Å². The van der Waals surface area contributed by atoms with Crippen molar-refractivity contribution in [1.29, 1.82) is 0 Å². The second-order valence-electron chi connectivity index (χ2n) is 4.91.